The number of halogens is 5. The van der Waals surface area contributed by atoms with Gasteiger partial charge in [0.1, 0.15) is 22.4 Å². The second kappa shape index (κ2) is 7.67. The fourth-order valence-electron chi connectivity index (χ4n) is 3.28. The summed E-state index contributed by atoms with van der Waals surface area (Å²) in [5.74, 6) is -0.970. The minimum Gasteiger partial charge on any atom is -0.467 e. The third kappa shape index (κ3) is 3.87. The van der Waals surface area contributed by atoms with Crippen LogP contribution in [0.25, 0.3) is 0 Å². The van der Waals surface area contributed by atoms with Crippen molar-refractivity contribution in [3.8, 4) is 0 Å². The molecule has 3 aromatic rings. The molecule has 0 fully saturated rings. The Morgan fingerprint density at radius 1 is 1.30 bits per heavy atom. The molecule has 1 aliphatic heterocycles. The van der Waals surface area contributed by atoms with Gasteiger partial charge in [0, 0.05) is 13.0 Å². The zero-order chi connectivity index (χ0) is 21.5. The minimum absolute atomic E-state index is 0.0305. The van der Waals surface area contributed by atoms with E-state index < -0.39 is 30.0 Å². The molecule has 158 valence electrons. The van der Waals surface area contributed by atoms with Gasteiger partial charge < -0.3 is 15.1 Å². The standard InChI is InChI=1S/C19H15ClF4N4O2/c20-15-16(18(29)25-9-10-3-5-11(21)6-4-10)27-28-14(19(22,23)24)8-12(26-17(15)28)13-2-1-7-30-13/h1-7,12,14,26H,8-9H2,(H,25,29)/t12-,14+/m0/s1. The number of furan rings is 1. The molecule has 0 unspecified atom stereocenters. The van der Waals surface area contributed by atoms with Gasteiger partial charge in [-0.25, -0.2) is 9.07 Å². The van der Waals surface area contributed by atoms with Crippen molar-refractivity contribution in [3.05, 3.63) is 70.5 Å². The van der Waals surface area contributed by atoms with E-state index in [1.807, 2.05) is 0 Å². The zero-order valence-corrected chi connectivity index (χ0v) is 16.0. The van der Waals surface area contributed by atoms with E-state index in [2.05, 4.69) is 15.7 Å². The van der Waals surface area contributed by atoms with Crippen LogP contribution in [0.3, 0.4) is 0 Å². The molecule has 2 aromatic heterocycles. The smallest absolute Gasteiger partial charge is 0.410 e. The van der Waals surface area contributed by atoms with Crippen LogP contribution in [0.5, 0.6) is 0 Å². The number of hydrogen-bond acceptors (Lipinski definition) is 4. The predicted octanol–water partition coefficient (Wildman–Crippen LogP) is 4.86. The summed E-state index contributed by atoms with van der Waals surface area (Å²) >= 11 is 6.23. The maximum absolute atomic E-state index is 13.7. The number of benzene rings is 1. The molecule has 11 heteroatoms. The van der Waals surface area contributed by atoms with Gasteiger partial charge in [-0.1, -0.05) is 23.7 Å². The first-order valence-corrected chi connectivity index (χ1v) is 9.29. The lowest BCUT2D eigenvalue weighted by atomic mass is 10.0. The number of rotatable bonds is 4. The van der Waals surface area contributed by atoms with Crippen molar-refractivity contribution in [1.82, 2.24) is 15.1 Å². The summed E-state index contributed by atoms with van der Waals surface area (Å²) in [6, 6.07) is 5.77. The Hall–Kier alpha value is -3.01. The van der Waals surface area contributed by atoms with E-state index >= 15 is 0 Å². The topological polar surface area (TPSA) is 72.1 Å². The highest BCUT2D eigenvalue weighted by Crippen LogP contribution is 2.46. The fraction of sp³-hybridized carbons (Fsp3) is 0.263. The molecule has 0 aliphatic carbocycles. The molecule has 0 spiro atoms. The molecular formula is C19H15ClF4N4O2. The summed E-state index contributed by atoms with van der Waals surface area (Å²) < 4.78 is 60.0. The van der Waals surface area contributed by atoms with Gasteiger partial charge in [-0.05, 0) is 29.8 Å². The van der Waals surface area contributed by atoms with Crippen molar-refractivity contribution >= 4 is 23.3 Å². The number of aromatic nitrogens is 2. The quantitative estimate of drug-likeness (QED) is 0.566. The summed E-state index contributed by atoms with van der Waals surface area (Å²) in [5.41, 5.74) is 0.268. The Bertz CT molecular complexity index is 1050. The van der Waals surface area contributed by atoms with Crippen LogP contribution in [0.1, 0.15) is 40.3 Å². The summed E-state index contributed by atoms with van der Waals surface area (Å²) in [6.45, 7) is 0.0305. The second-order valence-electron chi connectivity index (χ2n) is 6.77. The van der Waals surface area contributed by atoms with Crippen LogP contribution < -0.4 is 10.6 Å². The molecule has 30 heavy (non-hydrogen) atoms. The third-order valence-electron chi connectivity index (χ3n) is 4.76. The number of carbonyl (C=O) groups excluding carboxylic acids is 1. The number of carbonyl (C=O) groups is 1. The van der Waals surface area contributed by atoms with Crippen LogP contribution in [-0.4, -0.2) is 21.9 Å². The Kier molecular flexibility index (Phi) is 5.19. The van der Waals surface area contributed by atoms with Gasteiger partial charge in [0.15, 0.2) is 11.7 Å². The number of nitrogens with one attached hydrogen (secondary N) is 2. The highest BCUT2D eigenvalue weighted by molar-refractivity contribution is 6.36. The average Bonchev–Trinajstić information content (AvgIpc) is 3.34. The largest absolute Gasteiger partial charge is 0.467 e. The minimum atomic E-state index is -4.61. The molecular weight excluding hydrogens is 428 g/mol. The molecule has 3 heterocycles. The van der Waals surface area contributed by atoms with Crippen molar-refractivity contribution in [2.75, 3.05) is 5.32 Å². The van der Waals surface area contributed by atoms with Crippen LogP contribution in [0.2, 0.25) is 5.02 Å². The molecule has 0 bridgehead atoms. The summed E-state index contributed by atoms with van der Waals surface area (Å²) in [4.78, 5) is 12.5. The van der Waals surface area contributed by atoms with Gasteiger partial charge in [0.2, 0.25) is 0 Å². The second-order valence-corrected chi connectivity index (χ2v) is 7.15. The van der Waals surface area contributed by atoms with Crippen molar-refractivity contribution in [2.45, 2.75) is 31.2 Å². The molecule has 1 amide bonds. The summed E-state index contributed by atoms with van der Waals surface area (Å²) in [6.07, 6.45) is -3.63. The first-order valence-electron chi connectivity index (χ1n) is 8.91. The Balaban J connectivity index is 1.61. The molecule has 4 rings (SSSR count). The van der Waals surface area contributed by atoms with Gasteiger partial charge in [-0.2, -0.15) is 18.3 Å². The van der Waals surface area contributed by atoms with Crippen LogP contribution in [0.15, 0.2) is 47.1 Å². The lowest BCUT2D eigenvalue weighted by molar-refractivity contribution is -0.174. The number of hydrogen-bond donors (Lipinski definition) is 2. The molecule has 1 aromatic carbocycles. The molecule has 2 atom stereocenters. The molecule has 2 N–H and O–H groups in total. The van der Waals surface area contributed by atoms with Crippen LogP contribution in [0, 0.1) is 5.82 Å². The van der Waals surface area contributed by atoms with Gasteiger partial charge in [0.25, 0.3) is 5.91 Å². The monoisotopic (exact) mass is 442 g/mol. The van der Waals surface area contributed by atoms with E-state index in [0.717, 1.165) is 0 Å². The number of anilines is 1. The maximum Gasteiger partial charge on any atom is 0.410 e. The van der Waals surface area contributed by atoms with Crippen LogP contribution in [0.4, 0.5) is 23.4 Å². The molecule has 6 nitrogen and oxygen atoms in total. The first kappa shape index (κ1) is 20.3. The SMILES string of the molecule is O=C(NCc1ccc(F)cc1)c1nn2c(c1Cl)N[C@H](c1ccco1)C[C@@H]2C(F)(F)F. The van der Waals surface area contributed by atoms with Crippen molar-refractivity contribution in [3.63, 3.8) is 0 Å². The summed E-state index contributed by atoms with van der Waals surface area (Å²) in [5, 5.41) is 9.02. The van der Waals surface area contributed by atoms with Gasteiger partial charge in [-0.3, -0.25) is 4.79 Å². The van der Waals surface area contributed by atoms with Crippen molar-refractivity contribution in [1.29, 1.82) is 0 Å². The van der Waals surface area contributed by atoms with Crippen LogP contribution >= 0.6 is 11.6 Å². The van der Waals surface area contributed by atoms with Crippen LogP contribution in [-0.2, 0) is 6.54 Å². The van der Waals surface area contributed by atoms with E-state index in [0.29, 0.717) is 16.0 Å². The number of fused-ring (bicyclic) bond motifs is 1. The van der Waals surface area contributed by atoms with E-state index in [4.69, 9.17) is 16.0 Å². The molecule has 1 aliphatic rings. The summed E-state index contributed by atoms with van der Waals surface area (Å²) in [7, 11) is 0. The normalized spacial score (nSPS) is 18.6. The number of nitrogens with zero attached hydrogens (tertiary/aromatic N) is 2. The number of amides is 1. The number of alkyl halides is 3. The Morgan fingerprint density at radius 2 is 2.03 bits per heavy atom. The highest BCUT2D eigenvalue weighted by atomic mass is 35.5. The van der Waals surface area contributed by atoms with E-state index in [-0.39, 0.29) is 29.5 Å². The van der Waals surface area contributed by atoms with Gasteiger partial charge >= 0.3 is 6.18 Å². The van der Waals surface area contributed by atoms with Gasteiger partial charge in [-0.15, -0.1) is 0 Å². The van der Waals surface area contributed by atoms with E-state index in [1.165, 1.54) is 30.5 Å². The van der Waals surface area contributed by atoms with Crippen molar-refractivity contribution in [2.24, 2.45) is 0 Å². The first-order chi connectivity index (χ1) is 14.2. The average molecular weight is 443 g/mol. The Morgan fingerprint density at radius 3 is 2.67 bits per heavy atom. The van der Waals surface area contributed by atoms with Gasteiger partial charge in [0.05, 0.1) is 12.3 Å². The molecule has 0 saturated carbocycles. The Labute approximate surface area is 172 Å². The lowest BCUT2D eigenvalue weighted by Gasteiger charge is -2.32. The van der Waals surface area contributed by atoms with E-state index in [1.54, 1.807) is 12.1 Å². The maximum atomic E-state index is 13.7. The van der Waals surface area contributed by atoms with Crippen molar-refractivity contribution < 1.29 is 26.8 Å². The third-order valence-corrected chi connectivity index (χ3v) is 5.12. The fourth-order valence-corrected chi connectivity index (χ4v) is 3.54. The van der Waals surface area contributed by atoms with E-state index in [9.17, 15) is 22.4 Å². The molecule has 0 saturated heterocycles. The zero-order valence-electron chi connectivity index (χ0n) is 15.2. The highest BCUT2D eigenvalue weighted by Gasteiger charge is 2.48. The molecule has 0 radical (unpaired) electrons. The lowest BCUT2D eigenvalue weighted by Crippen LogP contribution is -2.35. The predicted molar refractivity (Wildman–Crippen MR) is 99.6 cm³/mol.